The zero-order chi connectivity index (χ0) is 10.3. The molecule has 0 aliphatic rings. The first-order chi connectivity index (χ1) is 6.59. The maximum absolute atomic E-state index is 11.2. The molecule has 0 atom stereocenters. The van der Waals surface area contributed by atoms with Crippen molar-refractivity contribution in [1.29, 1.82) is 0 Å². The molecule has 0 amide bonds. The number of aryl methyl sites for hydroxylation is 1. The summed E-state index contributed by atoms with van der Waals surface area (Å²) >= 11 is 0. The Morgan fingerprint density at radius 2 is 2.00 bits per heavy atom. The van der Waals surface area contributed by atoms with Gasteiger partial charge >= 0.3 is 5.63 Å². The minimum absolute atomic E-state index is 0.155. The van der Waals surface area contributed by atoms with E-state index in [1.54, 1.807) is 25.1 Å². The van der Waals surface area contributed by atoms with E-state index in [0.717, 1.165) is 10.9 Å². The Kier molecular flexibility index (Phi) is 1.70. The molecule has 1 aromatic carbocycles. The number of benzene rings is 1. The molecule has 0 bridgehead atoms. The van der Waals surface area contributed by atoms with E-state index < -0.39 is 5.63 Å². The van der Waals surface area contributed by atoms with Crippen LogP contribution < -0.4 is 17.1 Å². The van der Waals surface area contributed by atoms with Crippen LogP contribution in [0.4, 0.5) is 11.4 Å². The lowest BCUT2D eigenvalue weighted by Gasteiger charge is -2.03. The summed E-state index contributed by atoms with van der Waals surface area (Å²) in [5.41, 5.74) is 12.5. The number of nitrogens with two attached hydrogens (primary N) is 2. The van der Waals surface area contributed by atoms with E-state index >= 15 is 0 Å². The average molecular weight is 190 g/mol. The van der Waals surface area contributed by atoms with E-state index in [-0.39, 0.29) is 5.69 Å². The van der Waals surface area contributed by atoms with E-state index in [1.807, 2.05) is 0 Å². The van der Waals surface area contributed by atoms with Gasteiger partial charge in [-0.25, -0.2) is 4.79 Å². The molecular weight excluding hydrogens is 180 g/mol. The molecule has 4 nitrogen and oxygen atoms in total. The van der Waals surface area contributed by atoms with Crippen LogP contribution in [0.3, 0.4) is 0 Å². The Hall–Kier alpha value is -1.97. The minimum atomic E-state index is -0.513. The van der Waals surface area contributed by atoms with Crippen molar-refractivity contribution in [3.63, 3.8) is 0 Å². The predicted octanol–water partition coefficient (Wildman–Crippen LogP) is 1.27. The van der Waals surface area contributed by atoms with Gasteiger partial charge < -0.3 is 15.9 Å². The summed E-state index contributed by atoms with van der Waals surface area (Å²) in [6.45, 7) is 1.78. The topological polar surface area (TPSA) is 82.2 Å². The molecule has 0 saturated carbocycles. The first kappa shape index (κ1) is 8.62. The molecule has 0 unspecified atom stereocenters. The second-order valence-corrected chi connectivity index (χ2v) is 3.18. The number of nitrogen functional groups attached to an aromatic ring is 2. The van der Waals surface area contributed by atoms with Crippen molar-refractivity contribution in [1.82, 2.24) is 0 Å². The van der Waals surface area contributed by atoms with Crippen LogP contribution in [0.2, 0.25) is 0 Å². The minimum Gasteiger partial charge on any atom is -0.421 e. The third-order valence-corrected chi connectivity index (χ3v) is 2.24. The fraction of sp³-hybridized carbons (Fsp3) is 0.100. The standard InChI is InChI=1S/C10H10N2O2/c1-5-7-3-2-6(11)4-8(7)14-10(13)9(5)12/h2-4H,11-12H2,1H3. The fourth-order valence-electron chi connectivity index (χ4n) is 1.39. The Bertz CT molecular complexity index is 558. The van der Waals surface area contributed by atoms with Gasteiger partial charge in [0.15, 0.2) is 0 Å². The van der Waals surface area contributed by atoms with E-state index in [1.165, 1.54) is 0 Å². The predicted molar refractivity (Wildman–Crippen MR) is 56.0 cm³/mol. The SMILES string of the molecule is Cc1c(N)c(=O)oc2cc(N)ccc12. The van der Waals surface area contributed by atoms with Crippen molar-refractivity contribution >= 4 is 22.3 Å². The maximum Gasteiger partial charge on any atom is 0.359 e. The summed E-state index contributed by atoms with van der Waals surface area (Å²) in [6.07, 6.45) is 0. The van der Waals surface area contributed by atoms with Gasteiger partial charge in [0.25, 0.3) is 0 Å². The number of fused-ring (bicyclic) bond motifs is 1. The Morgan fingerprint density at radius 3 is 2.71 bits per heavy atom. The molecule has 0 saturated heterocycles. The van der Waals surface area contributed by atoms with Crippen molar-refractivity contribution in [2.45, 2.75) is 6.92 Å². The Labute approximate surface area is 80.1 Å². The zero-order valence-electron chi connectivity index (χ0n) is 7.70. The van der Waals surface area contributed by atoms with Crippen molar-refractivity contribution in [2.75, 3.05) is 11.5 Å². The second kappa shape index (κ2) is 2.77. The van der Waals surface area contributed by atoms with Crippen LogP contribution >= 0.6 is 0 Å². The summed E-state index contributed by atoms with van der Waals surface area (Å²) < 4.78 is 4.99. The van der Waals surface area contributed by atoms with Gasteiger partial charge in [0, 0.05) is 17.1 Å². The normalized spacial score (nSPS) is 10.6. The molecule has 0 spiro atoms. The highest BCUT2D eigenvalue weighted by atomic mass is 16.4. The number of hydrogen-bond donors (Lipinski definition) is 2. The maximum atomic E-state index is 11.2. The van der Waals surface area contributed by atoms with Crippen molar-refractivity contribution < 1.29 is 4.42 Å². The van der Waals surface area contributed by atoms with Crippen molar-refractivity contribution in [3.8, 4) is 0 Å². The lowest BCUT2D eigenvalue weighted by molar-refractivity contribution is 0.563. The molecule has 2 rings (SSSR count). The quantitative estimate of drug-likeness (QED) is 0.484. The first-order valence-corrected chi connectivity index (χ1v) is 4.18. The summed E-state index contributed by atoms with van der Waals surface area (Å²) in [6, 6.07) is 5.15. The molecule has 0 radical (unpaired) electrons. The molecule has 4 N–H and O–H groups in total. The van der Waals surface area contributed by atoms with Gasteiger partial charge in [-0.05, 0) is 24.6 Å². The van der Waals surface area contributed by atoms with E-state index in [0.29, 0.717) is 11.3 Å². The van der Waals surface area contributed by atoms with E-state index in [4.69, 9.17) is 15.9 Å². The smallest absolute Gasteiger partial charge is 0.359 e. The summed E-state index contributed by atoms with van der Waals surface area (Å²) in [5.74, 6) is 0. The fourth-order valence-corrected chi connectivity index (χ4v) is 1.39. The van der Waals surface area contributed by atoms with Gasteiger partial charge in [0.1, 0.15) is 11.3 Å². The molecule has 2 aromatic rings. The summed E-state index contributed by atoms with van der Waals surface area (Å²) in [5, 5.41) is 0.816. The lowest BCUT2D eigenvalue weighted by Crippen LogP contribution is -2.08. The first-order valence-electron chi connectivity index (χ1n) is 4.18. The van der Waals surface area contributed by atoms with Gasteiger partial charge in [-0.15, -0.1) is 0 Å². The third kappa shape index (κ3) is 1.12. The molecule has 1 heterocycles. The Morgan fingerprint density at radius 1 is 1.29 bits per heavy atom. The summed E-state index contributed by atoms with van der Waals surface area (Å²) in [4.78, 5) is 11.2. The lowest BCUT2D eigenvalue weighted by atomic mass is 10.1. The molecule has 4 heteroatoms. The number of rotatable bonds is 0. The molecule has 0 aliphatic heterocycles. The van der Waals surface area contributed by atoms with Crippen LogP contribution in [0.25, 0.3) is 11.0 Å². The largest absolute Gasteiger partial charge is 0.421 e. The van der Waals surface area contributed by atoms with E-state index in [2.05, 4.69) is 0 Å². The van der Waals surface area contributed by atoms with Crippen LogP contribution in [0.5, 0.6) is 0 Å². The van der Waals surface area contributed by atoms with Crippen LogP contribution in [0.15, 0.2) is 27.4 Å². The zero-order valence-corrected chi connectivity index (χ0v) is 7.70. The monoisotopic (exact) mass is 190 g/mol. The molecular formula is C10H10N2O2. The molecule has 1 aromatic heterocycles. The average Bonchev–Trinajstić information content (AvgIpc) is 2.14. The third-order valence-electron chi connectivity index (χ3n) is 2.24. The van der Waals surface area contributed by atoms with Crippen LogP contribution in [-0.4, -0.2) is 0 Å². The van der Waals surface area contributed by atoms with Crippen LogP contribution in [0.1, 0.15) is 5.56 Å². The molecule has 72 valence electrons. The molecule has 0 fully saturated rings. The van der Waals surface area contributed by atoms with Gasteiger partial charge in [-0.3, -0.25) is 0 Å². The Balaban J connectivity index is 2.98. The van der Waals surface area contributed by atoms with Crippen molar-refractivity contribution in [2.24, 2.45) is 0 Å². The molecule has 14 heavy (non-hydrogen) atoms. The highest BCUT2D eigenvalue weighted by Gasteiger charge is 2.07. The van der Waals surface area contributed by atoms with Gasteiger partial charge in [0.05, 0.1) is 0 Å². The summed E-state index contributed by atoms with van der Waals surface area (Å²) in [7, 11) is 0. The van der Waals surface area contributed by atoms with Crippen LogP contribution in [-0.2, 0) is 0 Å². The van der Waals surface area contributed by atoms with Crippen molar-refractivity contribution in [3.05, 3.63) is 34.2 Å². The molecule has 0 aliphatic carbocycles. The second-order valence-electron chi connectivity index (χ2n) is 3.18. The van der Waals surface area contributed by atoms with Gasteiger partial charge in [-0.1, -0.05) is 0 Å². The highest BCUT2D eigenvalue weighted by Crippen LogP contribution is 2.22. The number of anilines is 2. The van der Waals surface area contributed by atoms with Gasteiger partial charge in [-0.2, -0.15) is 0 Å². The number of hydrogen-bond acceptors (Lipinski definition) is 4. The highest BCUT2D eigenvalue weighted by molar-refractivity contribution is 5.86. The van der Waals surface area contributed by atoms with E-state index in [9.17, 15) is 4.79 Å². The van der Waals surface area contributed by atoms with Gasteiger partial charge in [0.2, 0.25) is 0 Å². The van der Waals surface area contributed by atoms with Crippen LogP contribution in [0, 0.1) is 6.92 Å².